The molecule has 0 amide bonds. The molecule has 0 fully saturated rings. The van der Waals surface area contributed by atoms with Gasteiger partial charge in [0.15, 0.2) is 0 Å². The zero-order valence-corrected chi connectivity index (χ0v) is 12.8. The average Bonchev–Trinajstić information content (AvgIpc) is 2.57. The average molecular weight is 286 g/mol. The minimum atomic E-state index is -0.396. The van der Waals surface area contributed by atoms with Crippen LogP contribution in [-0.4, -0.2) is 11.8 Å². The summed E-state index contributed by atoms with van der Waals surface area (Å²) in [6.07, 6.45) is 2.09. The first-order valence-corrected chi connectivity index (χ1v) is 7.47. The normalized spacial score (nSPS) is 19.8. The van der Waals surface area contributed by atoms with Crippen LogP contribution >= 0.6 is 0 Å². The summed E-state index contributed by atoms with van der Waals surface area (Å²) in [6, 6.07) is 23.0. The minimum Gasteiger partial charge on any atom is -0.284 e. The van der Waals surface area contributed by atoms with Crippen molar-refractivity contribution < 1.29 is 0 Å². The molecular formula is C20H18N2. The van der Waals surface area contributed by atoms with Gasteiger partial charge >= 0.3 is 0 Å². The fourth-order valence-electron chi connectivity index (χ4n) is 3.27. The van der Waals surface area contributed by atoms with Crippen molar-refractivity contribution in [2.24, 2.45) is 4.99 Å². The van der Waals surface area contributed by atoms with Gasteiger partial charge in [-0.2, -0.15) is 5.26 Å². The predicted octanol–water partition coefficient (Wildman–Crippen LogP) is 4.29. The molecule has 1 atom stereocenters. The molecule has 0 aromatic heterocycles. The number of aliphatic imine (C=N–C) groups is 1. The first-order valence-electron chi connectivity index (χ1n) is 7.47. The Balaban J connectivity index is 2.31. The molecule has 108 valence electrons. The third kappa shape index (κ3) is 2.16. The first-order chi connectivity index (χ1) is 10.7. The molecule has 1 aliphatic heterocycles. The largest absolute Gasteiger partial charge is 0.284 e. The van der Waals surface area contributed by atoms with Crippen LogP contribution in [0, 0.1) is 11.3 Å². The summed E-state index contributed by atoms with van der Waals surface area (Å²) in [5.41, 5.74) is 3.41. The zero-order chi connectivity index (χ0) is 15.6. The lowest BCUT2D eigenvalue weighted by atomic mass is 9.67. The molecule has 1 heterocycles. The predicted molar refractivity (Wildman–Crippen MR) is 89.9 cm³/mol. The van der Waals surface area contributed by atoms with Crippen molar-refractivity contribution in [3.05, 3.63) is 83.4 Å². The number of hydrogen-bond donors (Lipinski definition) is 0. The van der Waals surface area contributed by atoms with Gasteiger partial charge in [-0.25, -0.2) is 0 Å². The van der Waals surface area contributed by atoms with Crippen molar-refractivity contribution in [2.45, 2.75) is 25.3 Å². The monoisotopic (exact) mass is 286 g/mol. The number of benzene rings is 2. The van der Waals surface area contributed by atoms with E-state index in [4.69, 9.17) is 4.99 Å². The van der Waals surface area contributed by atoms with Gasteiger partial charge in [0.2, 0.25) is 0 Å². The quantitative estimate of drug-likeness (QED) is 0.811. The molecule has 0 radical (unpaired) electrons. The molecule has 0 aliphatic carbocycles. The van der Waals surface area contributed by atoms with E-state index in [-0.39, 0.29) is 6.04 Å². The molecule has 1 unspecified atom stereocenters. The zero-order valence-electron chi connectivity index (χ0n) is 12.8. The van der Waals surface area contributed by atoms with Gasteiger partial charge in [-0.05, 0) is 31.1 Å². The van der Waals surface area contributed by atoms with Gasteiger partial charge in [-0.3, -0.25) is 4.99 Å². The van der Waals surface area contributed by atoms with E-state index in [2.05, 4.69) is 43.3 Å². The van der Waals surface area contributed by atoms with Gasteiger partial charge in [0.1, 0.15) is 6.07 Å². The number of dihydropyridines is 1. The van der Waals surface area contributed by atoms with Crippen LogP contribution in [0.2, 0.25) is 0 Å². The highest BCUT2D eigenvalue weighted by Crippen LogP contribution is 2.41. The van der Waals surface area contributed by atoms with Crippen LogP contribution in [0.5, 0.6) is 0 Å². The molecule has 2 heteroatoms. The first kappa shape index (κ1) is 14.3. The summed E-state index contributed by atoms with van der Waals surface area (Å²) in [5.74, 6) is 0. The molecule has 22 heavy (non-hydrogen) atoms. The molecule has 2 nitrogen and oxygen atoms in total. The molecule has 2 aromatic carbocycles. The number of nitriles is 1. The molecule has 1 aliphatic rings. The Morgan fingerprint density at radius 3 is 1.91 bits per heavy atom. The van der Waals surface area contributed by atoms with Crippen LogP contribution in [0.15, 0.2) is 77.3 Å². The van der Waals surface area contributed by atoms with Crippen molar-refractivity contribution in [3.63, 3.8) is 0 Å². The molecular weight excluding hydrogens is 268 g/mol. The third-order valence-electron chi connectivity index (χ3n) is 4.43. The Morgan fingerprint density at radius 2 is 1.45 bits per heavy atom. The van der Waals surface area contributed by atoms with Crippen molar-refractivity contribution in [2.75, 3.05) is 0 Å². The van der Waals surface area contributed by atoms with E-state index in [1.807, 2.05) is 43.3 Å². The summed E-state index contributed by atoms with van der Waals surface area (Å²) >= 11 is 0. The summed E-state index contributed by atoms with van der Waals surface area (Å²) in [4.78, 5) is 4.77. The molecule has 0 N–H and O–H groups in total. The van der Waals surface area contributed by atoms with Gasteiger partial charge in [0.05, 0.1) is 17.0 Å². The summed E-state index contributed by atoms with van der Waals surface area (Å²) < 4.78 is 0. The SMILES string of the molecule is CC1=NC(C)C(c2ccccc2)(c2ccccc2)C=C1C#N. The molecule has 0 spiro atoms. The molecule has 2 aromatic rings. The van der Waals surface area contributed by atoms with Gasteiger partial charge < -0.3 is 0 Å². The van der Waals surface area contributed by atoms with Crippen LogP contribution in [0.3, 0.4) is 0 Å². The lowest BCUT2D eigenvalue weighted by molar-refractivity contribution is 0.518. The standard InChI is InChI=1S/C20H18N2/c1-15-17(14-21)13-20(16(2)22-15,18-9-5-3-6-10-18)19-11-7-4-8-12-19/h3-13,16H,1-2H3. The Kier molecular flexibility index (Phi) is 3.65. The lowest BCUT2D eigenvalue weighted by Gasteiger charge is -2.38. The maximum atomic E-state index is 9.47. The van der Waals surface area contributed by atoms with Gasteiger partial charge in [0, 0.05) is 5.71 Å². The van der Waals surface area contributed by atoms with Crippen LogP contribution in [0.25, 0.3) is 0 Å². The van der Waals surface area contributed by atoms with E-state index in [1.54, 1.807) is 0 Å². The van der Waals surface area contributed by atoms with Crippen LogP contribution < -0.4 is 0 Å². The highest BCUT2D eigenvalue weighted by Gasteiger charge is 2.40. The van der Waals surface area contributed by atoms with Gasteiger partial charge in [-0.1, -0.05) is 60.7 Å². The van der Waals surface area contributed by atoms with Gasteiger partial charge in [0.25, 0.3) is 0 Å². The van der Waals surface area contributed by atoms with E-state index < -0.39 is 5.41 Å². The Bertz CT molecular complexity index is 725. The van der Waals surface area contributed by atoms with E-state index in [0.717, 1.165) is 16.8 Å². The number of allylic oxidation sites excluding steroid dienone is 1. The second-order valence-corrected chi connectivity index (χ2v) is 5.66. The smallest absolute Gasteiger partial charge is 0.101 e. The third-order valence-corrected chi connectivity index (χ3v) is 4.43. The van der Waals surface area contributed by atoms with Crippen molar-refractivity contribution in [3.8, 4) is 6.07 Å². The summed E-state index contributed by atoms with van der Waals surface area (Å²) in [6.45, 7) is 4.03. The highest BCUT2D eigenvalue weighted by atomic mass is 14.8. The molecule has 0 saturated carbocycles. The topological polar surface area (TPSA) is 36.1 Å². The Hall–Kier alpha value is -2.66. The van der Waals surface area contributed by atoms with Gasteiger partial charge in [-0.15, -0.1) is 0 Å². The maximum Gasteiger partial charge on any atom is 0.101 e. The molecule has 0 saturated heterocycles. The lowest BCUT2D eigenvalue weighted by Crippen LogP contribution is -2.39. The van der Waals surface area contributed by atoms with Crippen molar-refractivity contribution in [1.29, 1.82) is 5.26 Å². The number of hydrogen-bond acceptors (Lipinski definition) is 2. The van der Waals surface area contributed by atoms with E-state index in [9.17, 15) is 5.26 Å². The fourth-order valence-corrected chi connectivity index (χ4v) is 3.27. The number of nitrogens with zero attached hydrogens (tertiary/aromatic N) is 2. The maximum absolute atomic E-state index is 9.47. The van der Waals surface area contributed by atoms with E-state index in [1.165, 1.54) is 0 Å². The second-order valence-electron chi connectivity index (χ2n) is 5.66. The van der Waals surface area contributed by atoms with Crippen LogP contribution in [0.1, 0.15) is 25.0 Å². The van der Waals surface area contributed by atoms with Crippen molar-refractivity contribution in [1.82, 2.24) is 0 Å². The van der Waals surface area contributed by atoms with Crippen LogP contribution in [0.4, 0.5) is 0 Å². The summed E-state index contributed by atoms with van der Waals surface area (Å²) in [7, 11) is 0. The van der Waals surface area contributed by atoms with E-state index >= 15 is 0 Å². The minimum absolute atomic E-state index is 0.0365. The fraction of sp³-hybridized carbons (Fsp3) is 0.200. The second kappa shape index (κ2) is 5.61. The van der Waals surface area contributed by atoms with Crippen molar-refractivity contribution >= 4 is 5.71 Å². The summed E-state index contributed by atoms with van der Waals surface area (Å²) in [5, 5.41) is 9.47. The van der Waals surface area contributed by atoms with E-state index in [0.29, 0.717) is 5.57 Å². The molecule has 3 rings (SSSR count). The number of rotatable bonds is 2. The Morgan fingerprint density at radius 1 is 0.955 bits per heavy atom. The highest BCUT2D eigenvalue weighted by molar-refractivity contribution is 6.03. The van der Waals surface area contributed by atoms with Crippen LogP contribution in [-0.2, 0) is 5.41 Å². The Labute approximate surface area is 131 Å². The molecule has 0 bridgehead atoms.